The monoisotopic (exact) mass is 350 g/mol. The summed E-state index contributed by atoms with van der Waals surface area (Å²) in [4.78, 5) is 14.5. The van der Waals surface area contributed by atoms with Gasteiger partial charge in [-0.25, -0.2) is 0 Å². The van der Waals surface area contributed by atoms with Gasteiger partial charge in [0.1, 0.15) is 5.75 Å². The molecule has 0 bridgehead atoms. The maximum Gasteiger partial charge on any atom is 0.223 e. The maximum atomic E-state index is 12.5. The van der Waals surface area contributed by atoms with Gasteiger partial charge < -0.3 is 15.3 Å². The van der Waals surface area contributed by atoms with E-state index in [2.05, 4.69) is 42.3 Å². The summed E-state index contributed by atoms with van der Waals surface area (Å²) in [5.74, 6) is 0.991. The zero-order valence-electron chi connectivity index (χ0n) is 15.4. The summed E-state index contributed by atoms with van der Waals surface area (Å²) >= 11 is 0. The molecule has 0 radical (unpaired) electrons. The summed E-state index contributed by atoms with van der Waals surface area (Å²) in [5, 5.41) is 13.5. The maximum absolute atomic E-state index is 12.5. The van der Waals surface area contributed by atoms with Gasteiger partial charge in [0.05, 0.1) is 12.1 Å². The summed E-state index contributed by atoms with van der Waals surface area (Å²) in [5.41, 5.74) is 4.68. The van der Waals surface area contributed by atoms with Crippen molar-refractivity contribution >= 4 is 11.6 Å². The molecule has 0 spiro atoms. The van der Waals surface area contributed by atoms with Crippen molar-refractivity contribution in [1.82, 2.24) is 4.90 Å². The minimum Gasteiger partial charge on any atom is -0.508 e. The first-order valence-corrected chi connectivity index (χ1v) is 9.51. The Morgan fingerprint density at radius 1 is 1.19 bits per heavy atom. The van der Waals surface area contributed by atoms with E-state index in [0.717, 1.165) is 30.6 Å². The molecule has 136 valence electrons. The number of rotatable bonds is 3. The topological polar surface area (TPSA) is 52.6 Å². The lowest BCUT2D eigenvalue weighted by Crippen LogP contribution is -2.35. The lowest BCUT2D eigenvalue weighted by molar-refractivity contribution is -0.130. The largest absolute Gasteiger partial charge is 0.508 e. The van der Waals surface area contributed by atoms with E-state index in [4.69, 9.17) is 0 Å². The third-order valence-electron chi connectivity index (χ3n) is 5.65. The minimum atomic E-state index is 0.0814. The molecule has 2 atom stereocenters. The lowest BCUT2D eigenvalue weighted by atomic mass is 9.86. The van der Waals surface area contributed by atoms with Gasteiger partial charge in [0, 0.05) is 18.7 Å². The number of nitrogens with zero attached hydrogens (tertiary/aromatic N) is 1. The molecule has 2 aliphatic heterocycles. The second-order valence-corrected chi connectivity index (χ2v) is 7.74. The van der Waals surface area contributed by atoms with E-state index < -0.39 is 0 Å². The summed E-state index contributed by atoms with van der Waals surface area (Å²) in [6, 6.07) is 14.2. The Balaban J connectivity index is 1.75. The molecule has 2 aromatic rings. The molecule has 26 heavy (non-hydrogen) atoms. The number of hydrogen-bond acceptors (Lipinski definition) is 3. The summed E-state index contributed by atoms with van der Waals surface area (Å²) in [7, 11) is 0. The van der Waals surface area contributed by atoms with Gasteiger partial charge in [-0.1, -0.05) is 38.1 Å². The van der Waals surface area contributed by atoms with Crippen molar-refractivity contribution in [3.8, 4) is 5.75 Å². The molecule has 1 saturated heterocycles. The Labute approximate surface area is 154 Å². The van der Waals surface area contributed by atoms with Crippen LogP contribution in [-0.2, 0) is 4.79 Å². The molecular formula is C22H26N2O2. The number of nitrogens with one attached hydrogen (secondary N) is 1. The van der Waals surface area contributed by atoms with E-state index in [9.17, 15) is 9.90 Å². The Bertz CT molecular complexity index is 831. The molecule has 1 amide bonds. The zero-order valence-corrected chi connectivity index (χ0v) is 15.4. The number of aromatic hydroxyl groups is 1. The number of benzene rings is 2. The smallest absolute Gasteiger partial charge is 0.223 e. The van der Waals surface area contributed by atoms with E-state index in [-0.39, 0.29) is 23.7 Å². The Hall–Kier alpha value is -2.49. The zero-order chi connectivity index (χ0) is 18.3. The predicted octanol–water partition coefficient (Wildman–Crippen LogP) is 4.74. The molecule has 0 aromatic heterocycles. The van der Waals surface area contributed by atoms with Gasteiger partial charge in [-0.2, -0.15) is 0 Å². The molecule has 4 rings (SSSR count). The standard InChI is InChI=1S/C22H26N2O2/c1-14(2)15-8-9-19-18(12-15)21(24-10-4-7-22(24)26)13-20(23-19)16-5-3-6-17(25)11-16/h3,5-6,8-9,11-12,14,20-21,23,25H,4,7,10,13H2,1-2H3. The van der Waals surface area contributed by atoms with Crippen molar-refractivity contribution in [2.75, 3.05) is 11.9 Å². The van der Waals surface area contributed by atoms with Gasteiger partial charge in [-0.3, -0.25) is 4.79 Å². The lowest BCUT2D eigenvalue weighted by Gasteiger charge is -2.38. The van der Waals surface area contributed by atoms with Crippen LogP contribution in [0.1, 0.15) is 67.8 Å². The number of phenols is 1. The van der Waals surface area contributed by atoms with E-state index >= 15 is 0 Å². The van der Waals surface area contributed by atoms with Crippen LogP contribution in [0.2, 0.25) is 0 Å². The summed E-state index contributed by atoms with van der Waals surface area (Å²) in [6.45, 7) is 5.23. The van der Waals surface area contributed by atoms with Crippen LogP contribution in [0.3, 0.4) is 0 Å². The van der Waals surface area contributed by atoms with Crippen LogP contribution in [0.4, 0.5) is 5.69 Å². The van der Waals surface area contributed by atoms with Crippen LogP contribution in [0.5, 0.6) is 5.75 Å². The average molecular weight is 350 g/mol. The van der Waals surface area contributed by atoms with Crippen LogP contribution in [0.15, 0.2) is 42.5 Å². The fourth-order valence-corrected chi connectivity index (χ4v) is 4.20. The predicted molar refractivity (Wildman–Crippen MR) is 103 cm³/mol. The van der Waals surface area contributed by atoms with Crippen molar-refractivity contribution in [2.45, 2.75) is 51.1 Å². The Kier molecular flexibility index (Phi) is 4.35. The number of amides is 1. The van der Waals surface area contributed by atoms with Crippen molar-refractivity contribution in [3.63, 3.8) is 0 Å². The highest BCUT2D eigenvalue weighted by atomic mass is 16.3. The first-order valence-electron chi connectivity index (χ1n) is 9.51. The van der Waals surface area contributed by atoms with Crippen LogP contribution in [0, 0.1) is 0 Å². The number of likely N-dealkylation sites (tertiary alicyclic amines) is 1. The highest BCUT2D eigenvalue weighted by molar-refractivity contribution is 5.79. The summed E-state index contributed by atoms with van der Waals surface area (Å²) < 4.78 is 0. The van der Waals surface area contributed by atoms with Gasteiger partial charge in [0.25, 0.3) is 0 Å². The van der Waals surface area contributed by atoms with Gasteiger partial charge in [0.15, 0.2) is 0 Å². The van der Waals surface area contributed by atoms with Gasteiger partial charge in [-0.05, 0) is 53.6 Å². The molecule has 2 heterocycles. The average Bonchev–Trinajstić information content (AvgIpc) is 3.06. The highest BCUT2D eigenvalue weighted by Gasteiger charge is 2.36. The first-order chi connectivity index (χ1) is 12.5. The van der Waals surface area contributed by atoms with Crippen molar-refractivity contribution in [1.29, 1.82) is 0 Å². The molecule has 4 nitrogen and oxygen atoms in total. The number of phenolic OH excluding ortho intramolecular Hbond substituents is 1. The third kappa shape index (κ3) is 3.05. The summed E-state index contributed by atoms with van der Waals surface area (Å²) in [6.07, 6.45) is 2.42. The number of hydrogen-bond donors (Lipinski definition) is 2. The SMILES string of the molecule is CC(C)c1ccc2c(c1)C(N1CCCC1=O)CC(c1cccc(O)c1)N2. The van der Waals surface area contributed by atoms with Crippen LogP contribution in [-0.4, -0.2) is 22.5 Å². The molecule has 2 unspecified atom stereocenters. The molecular weight excluding hydrogens is 324 g/mol. The fourth-order valence-electron chi connectivity index (χ4n) is 4.20. The van der Waals surface area contributed by atoms with E-state index in [1.165, 1.54) is 11.1 Å². The molecule has 4 heteroatoms. The van der Waals surface area contributed by atoms with Gasteiger partial charge in [0.2, 0.25) is 5.91 Å². The second kappa shape index (κ2) is 6.67. The number of anilines is 1. The normalized spacial score (nSPS) is 22.4. The molecule has 2 aromatic carbocycles. The van der Waals surface area contributed by atoms with E-state index in [1.54, 1.807) is 6.07 Å². The third-order valence-corrected chi connectivity index (χ3v) is 5.65. The molecule has 2 aliphatic rings. The van der Waals surface area contributed by atoms with Gasteiger partial charge >= 0.3 is 0 Å². The number of carbonyl (C=O) groups is 1. The van der Waals surface area contributed by atoms with Crippen molar-refractivity contribution in [3.05, 3.63) is 59.2 Å². The molecule has 1 fully saturated rings. The number of carbonyl (C=O) groups excluding carboxylic acids is 1. The number of fused-ring (bicyclic) bond motifs is 1. The van der Waals surface area contributed by atoms with Crippen molar-refractivity contribution < 1.29 is 9.90 Å². The Morgan fingerprint density at radius 2 is 2.04 bits per heavy atom. The van der Waals surface area contributed by atoms with Crippen LogP contribution < -0.4 is 5.32 Å². The minimum absolute atomic E-state index is 0.0814. The fraction of sp³-hybridized carbons (Fsp3) is 0.409. The highest BCUT2D eigenvalue weighted by Crippen LogP contribution is 2.44. The molecule has 0 aliphatic carbocycles. The van der Waals surface area contributed by atoms with Gasteiger partial charge in [-0.15, -0.1) is 0 Å². The van der Waals surface area contributed by atoms with Crippen LogP contribution >= 0.6 is 0 Å². The van der Waals surface area contributed by atoms with Crippen LogP contribution in [0.25, 0.3) is 0 Å². The quantitative estimate of drug-likeness (QED) is 0.841. The first kappa shape index (κ1) is 17.0. The van der Waals surface area contributed by atoms with E-state index in [0.29, 0.717) is 12.3 Å². The molecule has 2 N–H and O–H groups in total. The van der Waals surface area contributed by atoms with E-state index in [1.807, 2.05) is 18.2 Å². The second-order valence-electron chi connectivity index (χ2n) is 7.74. The molecule has 0 saturated carbocycles. The van der Waals surface area contributed by atoms with Crippen molar-refractivity contribution in [2.24, 2.45) is 0 Å². The Morgan fingerprint density at radius 3 is 2.73 bits per heavy atom.